The largest absolute Gasteiger partial charge is 0.345 e. The van der Waals surface area contributed by atoms with Crippen molar-refractivity contribution in [2.24, 2.45) is 5.41 Å². The Balaban J connectivity index is 2.84. The van der Waals surface area contributed by atoms with Crippen LogP contribution in [0.4, 0.5) is 4.39 Å². The average Bonchev–Trinajstić information content (AvgIpc) is 2.38. The molecule has 0 spiro atoms. The molecule has 0 saturated carbocycles. The van der Waals surface area contributed by atoms with E-state index in [-0.39, 0.29) is 29.3 Å². The van der Waals surface area contributed by atoms with E-state index < -0.39 is 6.04 Å². The highest BCUT2D eigenvalue weighted by atomic mass is 19.1. The van der Waals surface area contributed by atoms with Crippen LogP contribution in [0.25, 0.3) is 0 Å². The van der Waals surface area contributed by atoms with Gasteiger partial charge in [-0.15, -0.1) is 0 Å². The lowest BCUT2D eigenvalue weighted by Gasteiger charge is -2.30. The summed E-state index contributed by atoms with van der Waals surface area (Å²) in [4.78, 5) is 24.2. The Morgan fingerprint density at radius 1 is 1.29 bits per heavy atom. The number of carbonyl (C=O) groups excluding carboxylic acids is 2. The zero-order chi connectivity index (χ0) is 16.2. The summed E-state index contributed by atoms with van der Waals surface area (Å²) in [5.41, 5.74) is 1.16. The minimum Gasteiger partial charge on any atom is -0.345 e. The van der Waals surface area contributed by atoms with Gasteiger partial charge >= 0.3 is 0 Å². The van der Waals surface area contributed by atoms with Crippen LogP contribution in [0.1, 0.15) is 45.2 Å². The number of amides is 1. The van der Waals surface area contributed by atoms with Gasteiger partial charge in [0, 0.05) is 6.42 Å². The first-order valence-electron chi connectivity index (χ1n) is 7.22. The van der Waals surface area contributed by atoms with Gasteiger partial charge in [-0.25, -0.2) is 4.39 Å². The summed E-state index contributed by atoms with van der Waals surface area (Å²) in [5, 5.41) is 2.79. The molecule has 1 rings (SSSR count). The maximum absolute atomic E-state index is 13.2. The number of nitrogens with one attached hydrogen (secondary N) is 1. The molecule has 21 heavy (non-hydrogen) atoms. The molecule has 116 valence electrons. The van der Waals surface area contributed by atoms with Gasteiger partial charge in [0.15, 0.2) is 5.78 Å². The van der Waals surface area contributed by atoms with E-state index in [2.05, 4.69) is 5.32 Å². The number of aryl methyl sites for hydroxylation is 1. The summed E-state index contributed by atoms with van der Waals surface area (Å²) < 4.78 is 13.2. The molecule has 1 unspecified atom stereocenters. The third-order valence-corrected chi connectivity index (χ3v) is 3.50. The molecule has 0 aromatic heterocycles. The average molecular weight is 293 g/mol. The van der Waals surface area contributed by atoms with Crippen LogP contribution in [0.5, 0.6) is 0 Å². The number of hydrogen-bond donors (Lipinski definition) is 1. The molecular formula is C17H24FNO2. The van der Waals surface area contributed by atoms with Crippen molar-refractivity contribution in [3.8, 4) is 0 Å². The maximum atomic E-state index is 13.2. The number of benzene rings is 1. The highest BCUT2D eigenvalue weighted by molar-refractivity contribution is 5.90. The Morgan fingerprint density at radius 3 is 2.43 bits per heavy atom. The van der Waals surface area contributed by atoms with E-state index in [0.717, 1.165) is 5.56 Å². The van der Waals surface area contributed by atoms with Crippen molar-refractivity contribution >= 4 is 11.7 Å². The zero-order valence-corrected chi connectivity index (χ0v) is 13.4. The fourth-order valence-electron chi connectivity index (χ4n) is 2.20. The summed E-state index contributed by atoms with van der Waals surface area (Å²) >= 11 is 0. The molecule has 1 aromatic carbocycles. The summed E-state index contributed by atoms with van der Waals surface area (Å²) in [7, 11) is 0. The predicted octanol–water partition coefficient (Wildman–Crippen LogP) is 3.19. The number of halogens is 1. The van der Waals surface area contributed by atoms with Gasteiger partial charge in [0.1, 0.15) is 5.82 Å². The minimum absolute atomic E-state index is 0.00631. The quantitative estimate of drug-likeness (QED) is 0.906. The van der Waals surface area contributed by atoms with Crippen LogP contribution in [0, 0.1) is 18.2 Å². The molecule has 0 heterocycles. The second kappa shape index (κ2) is 6.83. The van der Waals surface area contributed by atoms with Crippen molar-refractivity contribution in [2.45, 2.75) is 53.5 Å². The van der Waals surface area contributed by atoms with Crippen molar-refractivity contribution in [3.63, 3.8) is 0 Å². The summed E-state index contributed by atoms with van der Waals surface area (Å²) in [6.45, 7) is 9.36. The van der Waals surface area contributed by atoms with Crippen LogP contribution in [-0.4, -0.2) is 17.7 Å². The van der Waals surface area contributed by atoms with E-state index in [1.165, 1.54) is 12.1 Å². The topological polar surface area (TPSA) is 46.2 Å². The Hall–Kier alpha value is -1.71. The number of ketones is 1. The summed E-state index contributed by atoms with van der Waals surface area (Å²) in [6, 6.07) is 3.86. The van der Waals surface area contributed by atoms with Gasteiger partial charge in [-0.05, 0) is 35.6 Å². The van der Waals surface area contributed by atoms with Crippen LogP contribution in [0.2, 0.25) is 0 Å². The van der Waals surface area contributed by atoms with Crippen LogP contribution in [0.3, 0.4) is 0 Å². The first-order valence-corrected chi connectivity index (χ1v) is 7.22. The molecule has 0 bridgehead atoms. The molecular weight excluding hydrogens is 269 g/mol. The van der Waals surface area contributed by atoms with Crippen LogP contribution in [-0.2, 0) is 16.0 Å². The van der Waals surface area contributed by atoms with Crippen molar-refractivity contribution in [2.75, 3.05) is 0 Å². The standard InChI is InChI=1S/C17H24FNO2/c1-6-14(20)16(17(3,4)5)19-15(21)10-12-9-13(18)8-7-11(12)2/h7-9,16H,6,10H2,1-5H3,(H,19,21). The molecule has 0 aliphatic carbocycles. The normalized spacial score (nSPS) is 12.9. The molecule has 4 heteroatoms. The van der Waals surface area contributed by atoms with Gasteiger partial charge in [-0.2, -0.15) is 0 Å². The number of carbonyl (C=O) groups is 2. The van der Waals surface area contributed by atoms with E-state index in [0.29, 0.717) is 12.0 Å². The zero-order valence-electron chi connectivity index (χ0n) is 13.4. The van der Waals surface area contributed by atoms with E-state index in [1.54, 1.807) is 13.0 Å². The second-order valence-electron chi connectivity index (χ2n) is 6.43. The lowest BCUT2D eigenvalue weighted by Crippen LogP contribution is -2.49. The fraction of sp³-hybridized carbons (Fsp3) is 0.529. The van der Waals surface area contributed by atoms with Crippen LogP contribution >= 0.6 is 0 Å². The van der Waals surface area contributed by atoms with Gasteiger partial charge in [0.2, 0.25) is 5.91 Å². The Bertz CT molecular complexity index is 532. The highest BCUT2D eigenvalue weighted by Gasteiger charge is 2.31. The van der Waals surface area contributed by atoms with Gasteiger partial charge in [-0.1, -0.05) is 33.8 Å². The van der Waals surface area contributed by atoms with E-state index in [9.17, 15) is 14.0 Å². The molecule has 0 aliphatic heterocycles. The first kappa shape index (κ1) is 17.3. The van der Waals surface area contributed by atoms with E-state index in [1.807, 2.05) is 27.7 Å². The van der Waals surface area contributed by atoms with E-state index in [4.69, 9.17) is 0 Å². The van der Waals surface area contributed by atoms with Gasteiger partial charge in [0.05, 0.1) is 12.5 Å². The number of rotatable bonds is 5. The van der Waals surface area contributed by atoms with Crippen molar-refractivity contribution < 1.29 is 14.0 Å². The Morgan fingerprint density at radius 2 is 1.90 bits per heavy atom. The lowest BCUT2D eigenvalue weighted by atomic mass is 9.83. The highest BCUT2D eigenvalue weighted by Crippen LogP contribution is 2.21. The molecule has 1 N–H and O–H groups in total. The third kappa shape index (κ3) is 4.96. The Kier molecular flexibility index (Phi) is 5.64. The third-order valence-electron chi connectivity index (χ3n) is 3.50. The van der Waals surface area contributed by atoms with E-state index >= 15 is 0 Å². The smallest absolute Gasteiger partial charge is 0.225 e. The monoisotopic (exact) mass is 293 g/mol. The summed E-state index contributed by atoms with van der Waals surface area (Å²) in [6.07, 6.45) is 0.453. The lowest BCUT2D eigenvalue weighted by molar-refractivity contribution is -0.129. The molecule has 1 amide bonds. The van der Waals surface area contributed by atoms with Gasteiger partial charge in [0.25, 0.3) is 0 Å². The minimum atomic E-state index is -0.524. The SMILES string of the molecule is CCC(=O)C(NC(=O)Cc1cc(F)ccc1C)C(C)(C)C. The number of hydrogen-bond acceptors (Lipinski definition) is 2. The molecule has 3 nitrogen and oxygen atoms in total. The summed E-state index contributed by atoms with van der Waals surface area (Å²) in [5.74, 6) is -0.613. The second-order valence-corrected chi connectivity index (χ2v) is 6.43. The molecule has 1 atom stereocenters. The molecule has 0 fully saturated rings. The molecule has 0 aliphatic rings. The molecule has 0 radical (unpaired) electrons. The van der Waals surface area contributed by atoms with Gasteiger partial charge in [-0.3, -0.25) is 9.59 Å². The fourth-order valence-corrected chi connectivity index (χ4v) is 2.20. The maximum Gasteiger partial charge on any atom is 0.225 e. The van der Waals surface area contributed by atoms with Crippen LogP contribution in [0.15, 0.2) is 18.2 Å². The predicted molar refractivity (Wildman–Crippen MR) is 81.5 cm³/mol. The molecule has 0 saturated heterocycles. The molecule has 1 aromatic rings. The number of Topliss-reactive ketones (excluding diaryl/α,β-unsaturated/α-hetero) is 1. The Labute approximate surface area is 125 Å². The first-order chi connectivity index (χ1) is 9.65. The van der Waals surface area contributed by atoms with Crippen molar-refractivity contribution in [1.29, 1.82) is 0 Å². The van der Waals surface area contributed by atoms with Crippen LogP contribution < -0.4 is 5.32 Å². The van der Waals surface area contributed by atoms with Crippen molar-refractivity contribution in [1.82, 2.24) is 5.32 Å². The van der Waals surface area contributed by atoms with Gasteiger partial charge < -0.3 is 5.32 Å². The van der Waals surface area contributed by atoms with Crippen molar-refractivity contribution in [3.05, 3.63) is 35.1 Å².